The summed E-state index contributed by atoms with van der Waals surface area (Å²) in [6.07, 6.45) is 0. The van der Waals surface area contributed by atoms with Gasteiger partial charge in [0, 0.05) is 10.2 Å². The maximum absolute atomic E-state index is 12.3. The van der Waals surface area contributed by atoms with Crippen LogP contribution >= 0.6 is 15.9 Å². The lowest BCUT2D eigenvalue weighted by atomic mass is 10.2. The topological polar surface area (TPSA) is 92.4 Å². The van der Waals surface area contributed by atoms with E-state index in [0.717, 1.165) is 0 Å². The fourth-order valence-corrected chi connectivity index (χ4v) is 3.36. The van der Waals surface area contributed by atoms with Gasteiger partial charge in [0.05, 0.1) is 12.3 Å². The Morgan fingerprint density at radius 1 is 1.15 bits per heavy atom. The van der Waals surface area contributed by atoms with Crippen LogP contribution in [0.5, 0.6) is 0 Å². The van der Waals surface area contributed by atoms with Gasteiger partial charge < -0.3 is 10.8 Å². The molecular formula is C13H13BrN2O3S. The Labute approximate surface area is 125 Å². The number of halogens is 1. The quantitative estimate of drug-likeness (QED) is 0.733. The van der Waals surface area contributed by atoms with Gasteiger partial charge >= 0.3 is 0 Å². The minimum atomic E-state index is -3.75. The molecule has 2 aromatic carbocycles. The second-order valence-corrected chi connectivity index (χ2v) is 6.71. The molecule has 0 saturated carbocycles. The molecule has 0 amide bonds. The highest BCUT2D eigenvalue weighted by molar-refractivity contribution is 9.10. The number of nitrogen functional groups attached to an aromatic ring is 1. The standard InChI is InChI=1S/C13H13BrN2O3S/c14-10-3-6-12(15)13(7-10)20(18,19)16-11-4-1-9(8-17)2-5-11/h1-7,16-17H,8,15H2. The van der Waals surface area contributed by atoms with Crippen molar-refractivity contribution in [3.63, 3.8) is 0 Å². The number of anilines is 2. The van der Waals surface area contributed by atoms with Crippen LogP contribution < -0.4 is 10.5 Å². The molecule has 2 aromatic rings. The molecule has 20 heavy (non-hydrogen) atoms. The summed E-state index contributed by atoms with van der Waals surface area (Å²) in [5.41, 5.74) is 6.98. The van der Waals surface area contributed by atoms with Crippen LogP contribution in [0.15, 0.2) is 51.8 Å². The average Bonchev–Trinajstić information content (AvgIpc) is 2.42. The summed E-state index contributed by atoms with van der Waals surface area (Å²) in [5.74, 6) is 0. The van der Waals surface area contributed by atoms with Crippen molar-refractivity contribution in [1.29, 1.82) is 0 Å². The Kier molecular flexibility index (Phi) is 4.32. The fraction of sp³-hybridized carbons (Fsp3) is 0.0769. The summed E-state index contributed by atoms with van der Waals surface area (Å²) >= 11 is 3.22. The minimum absolute atomic E-state index is 0.0121. The highest BCUT2D eigenvalue weighted by Crippen LogP contribution is 2.25. The maximum atomic E-state index is 12.3. The normalized spacial score (nSPS) is 11.3. The number of benzene rings is 2. The van der Waals surface area contributed by atoms with Crippen LogP contribution in [0.4, 0.5) is 11.4 Å². The van der Waals surface area contributed by atoms with E-state index in [-0.39, 0.29) is 17.2 Å². The van der Waals surface area contributed by atoms with Crippen molar-refractivity contribution in [2.24, 2.45) is 0 Å². The number of aliphatic hydroxyl groups excluding tert-OH is 1. The molecule has 0 aliphatic heterocycles. The van der Waals surface area contributed by atoms with E-state index in [2.05, 4.69) is 20.7 Å². The minimum Gasteiger partial charge on any atom is -0.398 e. The summed E-state index contributed by atoms with van der Waals surface area (Å²) in [6, 6.07) is 11.1. The van der Waals surface area contributed by atoms with Crippen molar-refractivity contribution in [3.05, 3.63) is 52.5 Å². The van der Waals surface area contributed by atoms with E-state index in [4.69, 9.17) is 10.8 Å². The molecular weight excluding hydrogens is 344 g/mol. The second-order valence-electron chi connectivity index (χ2n) is 4.14. The van der Waals surface area contributed by atoms with Gasteiger partial charge in [-0.2, -0.15) is 0 Å². The second kappa shape index (κ2) is 5.82. The molecule has 0 atom stereocenters. The van der Waals surface area contributed by atoms with Crippen LogP contribution in [-0.4, -0.2) is 13.5 Å². The summed E-state index contributed by atoms with van der Waals surface area (Å²) in [4.78, 5) is 0.0121. The van der Waals surface area contributed by atoms with E-state index in [9.17, 15) is 8.42 Å². The Balaban J connectivity index is 2.32. The van der Waals surface area contributed by atoms with Gasteiger partial charge in [0.2, 0.25) is 0 Å². The molecule has 0 fully saturated rings. The third-order valence-electron chi connectivity index (χ3n) is 2.65. The third kappa shape index (κ3) is 3.30. The molecule has 0 aliphatic rings. The Morgan fingerprint density at radius 3 is 2.40 bits per heavy atom. The molecule has 5 nitrogen and oxygen atoms in total. The lowest BCUT2D eigenvalue weighted by Gasteiger charge is -2.11. The zero-order valence-corrected chi connectivity index (χ0v) is 12.8. The predicted molar refractivity (Wildman–Crippen MR) is 81.7 cm³/mol. The predicted octanol–water partition coefficient (Wildman–Crippen LogP) is 2.32. The lowest BCUT2D eigenvalue weighted by Crippen LogP contribution is -2.14. The fourth-order valence-electron chi connectivity index (χ4n) is 1.63. The smallest absolute Gasteiger partial charge is 0.263 e. The molecule has 7 heteroatoms. The number of hydrogen-bond donors (Lipinski definition) is 3. The van der Waals surface area contributed by atoms with Gasteiger partial charge in [0.25, 0.3) is 10.0 Å². The molecule has 0 heterocycles. The van der Waals surface area contributed by atoms with Gasteiger partial charge in [0.1, 0.15) is 4.90 Å². The first-order valence-electron chi connectivity index (χ1n) is 5.70. The monoisotopic (exact) mass is 356 g/mol. The van der Waals surface area contributed by atoms with Crippen LogP contribution in [0.25, 0.3) is 0 Å². The average molecular weight is 357 g/mol. The molecule has 0 saturated heterocycles. The number of sulfonamides is 1. The summed E-state index contributed by atoms with van der Waals surface area (Å²) in [6.45, 7) is -0.0917. The Hall–Kier alpha value is -1.57. The van der Waals surface area contributed by atoms with Crippen molar-refractivity contribution in [2.75, 3.05) is 10.5 Å². The maximum Gasteiger partial charge on any atom is 0.263 e. The van der Waals surface area contributed by atoms with Gasteiger partial charge in [0.15, 0.2) is 0 Å². The van der Waals surface area contributed by atoms with E-state index >= 15 is 0 Å². The number of hydrogen-bond acceptors (Lipinski definition) is 4. The summed E-state index contributed by atoms with van der Waals surface area (Å²) in [5, 5.41) is 8.95. The van der Waals surface area contributed by atoms with Gasteiger partial charge in [-0.05, 0) is 35.9 Å². The van der Waals surface area contributed by atoms with E-state index in [1.165, 1.54) is 12.1 Å². The van der Waals surface area contributed by atoms with Crippen LogP contribution in [-0.2, 0) is 16.6 Å². The molecule has 0 unspecified atom stereocenters. The van der Waals surface area contributed by atoms with Gasteiger partial charge in [-0.1, -0.05) is 28.1 Å². The number of nitrogens with one attached hydrogen (secondary N) is 1. The molecule has 2 rings (SSSR count). The van der Waals surface area contributed by atoms with Crippen LogP contribution in [0, 0.1) is 0 Å². The lowest BCUT2D eigenvalue weighted by molar-refractivity contribution is 0.282. The van der Waals surface area contributed by atoms with E-state index in [1.807, 2.05) is 0 Å². The first-order chi connectivity index (χ1) is 9.42. The van der Waals surface area contributed by atoms with Crippen LogP contribution in [0.2, 0.25) is 0 Å². The first-order valence-corrected chi connectivity index (χ1v) is 7.97. The molecule has 0 aliphatic carbocycles. The number of aliphatic hydroxyl groups is 1. The van der Waals surface area contributed by atoms with Gasteiger partial charge in [-0.25, -0.2) is 8.42 Å². The molecule has 0 spiro atoms. The van der Waals surface area contributed by atoms with Gasteiger partial charge in [-0.15, -0.1) is 0 Å². The van der Waals surface area contributed by atoms with Crippen molar-refractivity contribution in [1.82, 2.24) is 0 Å². The Bertz CT molecular complexity index is 715. The van der Waals surface area contributed by atoms with Crippen molar-refractivity contribution in [2.45, 2.75) is 11.5 Å². The first kappa shape index (κ1) is 14.8. The molecule has 4 N–H and O–H groups in total. The Morgan fingerprint density at radius 2 is 1.80 bits per heavy atom. The highest BCUT2D eigenvalue weighted by atomic mass is 79.9. The molecule has 0 bridgehead atoms. The van der Waals surface area contributed by atoms with E-state index < -0.39 is 10.0 Å². The largest absolute Gasteiger partial charge is 0.398 e. The number of rotatable bonds is 4. The SMILES string of the molecule is Nc1ccc(Br)cc1S(=O)(=O)Nc1ccc(CO)cc1. The molecule has 106 valence electrons. The zero-order valence-electron chi connectivity index (χ0n) is 10.4. The summed E-state index contributed by atoms with van der Waals surface area (Å²) < 4.78 is 27.6. The molecule has 0 aromatic heterocycles. The molecule has 0 radical (unpaired) electrons. The van der Waals surface area contributed by atoms with Gasteiger partial charge in [-0.3, -0.25) is 4.72 Å². The zero-order chi connectivity index (χ0) is 14.8. The van der Waals surface area contributed by atoms with Crippen molar-refractivity contribution < 1.29 is 13.5 Å². The van der Waals surface area contributed by atoms with Crippen LogP contribution in [0.1, 0.15) is 5.56 Å². The number of nitrogens with two attached hydrogens (primary N) is 1. The van der Waals surface area contributed by atoms with E-state index in [0.29, 0.717) is 15.7 Å². The third-order valence-corrected chi connectivity index (χ3v) is 4.58. The van der Waals surface area contributed by atoms with Crippen LogP contribution in [0.3, 0.4) is 0 Å². The van der Waals surface area contributed by atoms with E-state index in [1.54, 1.807) is 30.3 Å². The van der Waals surface area contributed by atoms with Crippen molar-refractivity contribution in [3.8, 4) is 0 Å². The summed E-state index contributed by atoms with van der Waals surface area (Å²) in [7, 11) is -3.75. The van der Waals surface area contributed by atoms with Crippen molar-refractivity contribution >= 4 is 37.3 Å². The highest BCUT2D eigenvalue weighted by Gasteiger charge is 2.17.